The van der Waals surface area contributed by atoms with Crippen LogP contribution in [0.3, 0.4) is 0 Å². The second-order valence-electron chi connectivity index (χ2n) is 4.56. The summed E-state index contributed by atoms with van der Waals surface area (Å²) in [4.78, 5) is 20.3. The first kappa shape index (κ1) is 14.3. The Kier molecular flexibility index (Phi) is 4.10. The summed E-state index contributed by atoms with van der Waals surface area (Å²) in [5.41, 5.74) is 0.522. The van der Waals surface area contributed by atoms with Gasteiger partial charge in [-0.3, -0.25) is 9.36 Å². The molecule has 6 nitrogen and oxygen atoms in total. The van der Waals surface area contributed by atoms with E-state index in [0.717, 1.165) is 12.8 Å². The molecule has 0 aliphatic carbocycles. The van der Waals surface area contributed by atoms with Crippen molar-refractivity contribution in [3.05, 3.63) is 35.0 Å². The number of carbonyl (C=O) groups excluding carboxylic acids is 1. The van der Waals surface area contributed by atoms with Crippen LogP contribution in [0.25, 0.3) is 5.82 Å². The molecule has 0 aromatic carbocycles. The number of anilines is 1. The number of hydrogen-bond acceptors (Lipinski definition) is 4. The number of imidazole rings is 1. The number of pyridine rings is 1. The van der Waals surface area contributed by atoms with Gasteiger partial charge in [-0.1, -0.05) is 23.2 Å². The minimum absolute atomic E-state index is 0.179. The predicted molar refractivity (Wildman–Crippen MR) is 79.0 cm³/mol. The Morgan fingerprint density at radius 1 is 1.43 bits per heavy atom. The molecule has 0 spiro atoms. The Hall–Kier alpha value is -1.63. The maximum absolute atomic E-state index is 12.1. The molecule has 1 fully saturated rings. The maximum Gasteiger partial charge on any atom is 0.253 e. The Morgan fingerprint density at radius 3 is 2.95 bits per heavy atom. The van der Waals surface area contributed by atoms with Crippen LogP contribution in [0, 0.1) is 0 Å². The minimum Gasteiger partial charge on any atom is -0.368 e. The normalized spacial score (nSPS) is 17.9. The Morgan fingerprint density at radius 2 is 2.29 bits per heavy atom. The van der Waals surface area contributed by atoms with Crippen LogP contribution in [-0.2, 0) is 9.53 Å². The molecular weight excluding hydrogens is 315 g/mol. The Bertz CT molecular complexity index is 668. The van der Waals surface area contributed by atoms with Crippen molar-refractivity contribution in [1.29, 1.82) is 0 Å². The molecule has 1 aliphatic rings. The van der Waals surface area contributed by atoms with E-state index in [2.05, 4.69) is 15.3 Å². The largest absolute Gasteiger partial charge is 0.368 e. The standard InChI is InChI=1S/C13H12Cl2N4O2/c14-10-11(15)19(7-17-10)12-8(3-1-5-16-12)18-13(20)9-4-2-6-21-9/h1,3,5,7,9H,2,4,6H2,(H,18,20)/t9-/m0/s1. The number of carbonyl (C=O) groups is 1. The fraction of sp³-hybridized carbons (Fsp3) is 0.308. The third kappa shape index (κ3) is 2.88. The summed E-state index contributed by atoms with van der Waals surface area (Å²) >= 11 is 11.9. The van der Waals surface area contributed by atoms with Gasteiger partial charge in [-0.2, -0.15) is 0 Å². The van der Waals surface area contributed by atoms with E-state index >= 15 is 0 Å². The zero-order chi connectivity index (χ0) is 14.8. The molecule has 1 N–H and O–H groups in total. The number of rotatable bonds is 3. The van der Waals surface area contributed by atoms with Gasteiger partial charge in [-0.15, -0.1) is 0 Å². The van der Waals surface area contributed by atoms with Crippen molar-refractivity contribution in [2.45, 2.75) is 18.9 Å². The van der Waals surface area contributed by atoms with Crippen molar-refractivity contribution in [2.24, 2.45) is 0 Å². The third-order valence-electron chi connectivity index (χ3n) is 3.16. The van der Waals surface area contributed by atoms with Crippen LogP contribution in [0.1, 0.15) is 12.8 Å². The van der Waals surface area contributed by atoms with Crippen molar-refractivity contribution in [3.63, 3.8) is 0 Å². The van der Waals surface area contributed by atoms with Gasteiger partial charge in [0.15, 0.2) is 16.1 Å². The zero-order valence-electron chi connectivity index (χ0n) is 10.9. The molecule has 0 saturated carbocycles. The van der Waals surface area contributed by atoms with Crippen molar-refractivity contribution < 1.29 is 9.53 Å². The molecule has 1 saturated heterocycles. The Balaban J connectivity index is 1.89. The van der Waals surface area contributed by atoms with E-state index in [0.29, 0.717) is 18.1 Å². The van der Waals surface area contributed by atoms with E-state index in [1.165, 1.54) is 10.9 Å². The van der Waals surface area contributed by atoms with Gasteiger partial charge < -0.3 is 10.1 Å². The molecule has 2 aromatic rings. The van der Waals surface area contributed by atoms with Crippen LogP contribution in [0.5, 0.6) is 0 Å². The van der Waals surface area contributed by atoms with Gasteiger partial charge in [0.2, 0.25) is 0 Å². The van der Waals surface area contributed by atoms with E-state index in [1.54, 1.807) is 18.3 Å². The molecular formula is C13H12Cl2N4O2. The smallest absolute Gasteiger partial charge is 0.253 e. The van der Waals surface area contributed by atoms with Crippen molar-refractivity contribution in [3.8, 4) is 5.82 Å². The first-order chi connectivity index (χ1) is 10.2. The summed E-state index contributed by atoms with van der Waals surface area (Å²) in [6.45, 7) is 0.612. The van der Waals surface area contributed by atoms with Gasteiger partial charge in [0, 0.05) is 12.8 Å². The maximum atomic E-state index is 12.1. The molecule has 0 bridgehead atoms. The van der Waals surface area contributed by atoms with E-state index in [1.807, 2.05) is 0 Å². The second kappa shape index (κ2) is 6.01. The molecule has 8 heteroatoms. The van der Waals surface area contributed by atoms with Gasteiger partial charge >= 0.3 is 0 Å². The number of ether oxygens (including phenoxy) is 1. The lowest BCUT2D eigenvalue weighted by Gasteiger charge is -2.13. The highest BCUT2D eigenvalue weighted by Gasteiger charge is 2.24. The molecule has 0 unspecified atom stereocenters. The molecule has 1 aliphatic heterocycles. The molecule has 110 valence electrons. The number of nitrogens with zero attached hydrogens (tertiary/aromatic N) is 3. The first-order valence-electron chi connectivity index (χ1n) is 6.43. The van der Waals surface area contributed by atoms with Crippen LogP contribution in [0.2, 0.25) is 10.3 Å². The number of hydrogen-bond donors (Lipinski definition) is 1. The van der Waals surface area contributed by atoms with E-state index < -0.39 is 6.10 Å². The number of nitrogens with one attached hydrogen (secondary N) is 1. The monoisotopic (exact) mass is 326 g/mol. The average Bonchev–Trinajstić information content (AvgIpc) is 3.12. The van der Waals surface area contributed by atoms with Crippen molar-refractivity contribution >= 4 is 34.8 Å². The lowest BCUT2D eigenvalue weighted by atomic mass is 10.2. The molecule has 0 radical (unpaired) electrons. The van der Waals surface area contributed by atoms with Gasteiger partial charge in [0.1, 0.15) is 12.4 Å². The lowest BCUT2D eigenvalue weighted by molar-refractivity contribution is -0.124. The highest BCUT2D eigenvalue weighted by molar-refractivity contribution is 6.40. The number of aromatic nitrogens is 3. The van der Waals surface area contributed by atoms with E-state index in [-0.39, 0.29) is 16.2 Å². The van der Waals surface area contributed by atoms with Crippen LogP contribution in [0.4, 0.5) is 5.69 Å². The summed E-state index contributed by atoms with van der Waals surface area (Å²) in [7, 11) is 0. The zero-order valence-corrected chi connectivity index (χ0v) is 12.4. The van der Waals surface area contributed by atoms with Gasteiger partial charge in [-0.25, -0.2) is 9.97 Å². The molecule has 3 heterocycles. The van der Waals surface area contributed by atoms with E-state index in [9.17, 15) is 4.79 Å². The van der Waals surface area contributed by atoms with Gasteiger partial charge in [-0.05, 0) is 25.0 Å². The van der Waals surface area contributed by atoms with Crippen LogP contribution in [-0.4, -0.2) is 33.2 Å². The summed E-state index contributed by atoms with van der Waals surface area (Å²) in [6, 6.07) is 3.46. The van der Waals surface area contributed by atoms with Gasteiger partial charge in [0.25, 0.3) is 5.91 Å². The van der Waals surface area contributed by atoms with Crippen molar-refractivity contribution in [1.82, 2.24) is 14.5 Å². The van der Waals surface area contributed by atoms with Crippen molar-refractivity contribution in [2.75, 3.05) is 11.9 Å². The molecule has 1 amide bonds. The molecule has 1 atom stereocenters. The number of amides is 1. The Labute approximate surface area is 131 Å². The fourth-order valence-electron chi connectivity index (χ4n) is 2.14. The summed E-state index contributed by atoms with van der Waals surface area (Å²) in [6.07, 6.45) is 4.25. The average molecular weight is 327 g/mol. The SMILES string of the molecule is O=C(Nc1cccnc1-n1cnc(Cl)c1Cl)[C@@H]1CCCO1. The third-order valence-corrected chi connectivity index (χ3v) is 3.90. The molecule has 3 rings (SSSR count). The quantitative estimate of drug-likeness (QED) is 0.941. The van der Waals surface area contributed by atoms with Crippen LogP contribution < -0.4 is 5.32 Å². The first-order valence-corrected chi connectivity index (χ1v) is 7.18. The second-order valence-corrected chi connectivity index (χ2v) is 5.28. The van der Waals surface area contributed by atoms with Crippen LogP contribution in [0.15, 0.2) is 24.7 Å². The van der Waals surface area contributed by atoms with Gasteiger partial charge in [0.05, 0.1) is 5.69 Å². The topological polar surface area (TPSA) is 69.0 Å². The predicted octanol–water partition coefficient (Wildman–Crippen LogP) is 2.69. The highest BCUT2D eigenvalue weighted by Crippen LogP contribution is 2.27. The summed E-state index contributed by atoms with van der Waals surface area (Å²) < 4.78 is 6.87. The summed E-state index contributed by atoms with van der Waals surface area (Å²) in [5.74, 6) is 0.261. The summed E-state index contributed by atoms with van der Waals surface area (Å²) in [5, 5.41) is 3.23. The number of halogens is 2. The highest BCUT2D eigenvalue weighted by atomic mass is 35.5. The lowest BCUT2D eigenvalue weighted by Crippen LogP contribution is -2.27. The molecule has 21 heavy (non-hydrogen) atoms. The van der Waals surface area contributed by atoms with E-state index in [4.69, 9.17) is 27.9 Å². The molecule has 2 aromatic heterocycles. The fourth-order valence-corrected chi connectivity index (χ4v) is 2.45. The van der Waals surface area contributed by atoms with Crippen LogP contribution >= 0.6 is 23.2 Å². The minimum atomic E-state index is -0.417.